The van der Waals surface area contributed by atoms with Gasteiger partial charge in [-0.1, -0.05) is 37.6 Å². The van der Waals surface area contributed by atoms with Crippen molar-refractivity contribution in [3.05, 3.63) is 45.9 Å². The first kappa shape index (κ1) is 31.0. The van der Waals surface area contributed by atoms with Crippen molar-refractivity contribution < 1.29 is 19.1 Å². The summed E-state index contributed by atoms with van der Waals surface area (Å²) in [5.41, 5.74) is 8.30. The van der Waals surface area contributed by atoms with Crippen LogP contribution in [0.25, 0.3) is 11.2 Å². The third kappa shape index (κ3) is 8.29. The number of rotatable bonds is 14. The highest BCUT2D eigenvalue weighted by Crippen LogP contribution is 2.18. The number of amides is 1. The van der Waals surface area contributed by atoms with Crippen LogP contribution < -0.4 is 16.2 Å². The Bertz CT molecular complexity index is 1400. The number of likely N-dealkylation sites (N-methyl/N-ethyl adjacent to an activating group) is 1. The normalized spacial score (nSPS) is 14.3. The Morgan fingerprint density at radius 3 is 2.48 bits per heavy atom. The largest absolute Gasteiger partial charge is 0.469 e. The summed E-state index contributed by atoms with van der Waals surface area (Å²) in [4.78, 5) is 55.6. The van der Waals surface area contributed by atoms with Gasteiger partial charge in [-0.05, 0) is 31.0 Å². The number of anilines is 1. The van der Waals surface area contributed by atoms with Gasteiger partial charge in [-0.2, -0.15) is 9.97 Å². The van der Waals surface area contributed by atoms with Crippen molar-refractivity contribution in [1.29, 1.82) is 0 Å². The van der Waals surface area contributed by atoms with Crippen molar-refractivity contribution in [2.24, 2.45) is 0 Å². The second-order valence-electron chi connectivity index (χ2n) is 10.7. The smallest absolute Gasteiger partial charge is 0.327 e. The highest BCUT2D eigenvalue weighted by atomic mass is 16.5. The lowest BCUT2D eigenvalue weighted by molar-refractivity contribution is -0.139. The van der Waals surface area contributed by atoms with E-state index in [1.165, 1.54) is 11.7 Å². The van der Waals surface area contributed by atoms with Crippen molar-refractivity contribution in [3.8, 4) is 6.01 Å². The molecule has 0 spiro atoms. The number of aromatic amines is 1. The fourth-order valence-electron chi connectivity index (χ4n) is 4.84. The van der Waals surface area contributed by atoms with Crippen molar-refractivity contribution >= 4 is 28.9 Å². The highest BCUT2D eigenvalue weighted by Gasteiger charge is 2.21. The van der Waals surface area contributed by atoms with Crippen LogP contribution in [0.4, 0.5) is 5.82 Å². The Morgan fingerprint density at radius 2 is 1.79 bits per heavy atom. The topological polar surface area (TPSA) is 152 Å². The van der Waals surface area contributed by atoms with Gasteiger partial charge in [0.25, 0.3) is 0 Å². The number of unbranched alkanes of at least 4 members (excludes halogenated alkanes) is 1. The molecule has 1 amide bonds. The molecule has 13 nitrogen and oxygen atoms in total. The minimum Gasteiger partial charge on any atom is -0.469 e. The van der Waals surface area contributed by atoms with Crippen molar-refractivity contribution in [1.82, 2.24) is 34.2 Å². The number of methoxy groups -OCH3 is 1. The van der Waals surface area contributed by atoms with Crippen LogP contribution in [0.1, 0.15) is 37.3 Å². The van der Waals surface area contributed by atoms with Gasteiger partial charge in [-0.15, -0.1) is 0 Å². The van der Waals surface area contributed by atoms with Gasteiger partial charge < -0.3 is 30.0 Å². The van der Waals surface area contributed by atoms with E-state index >= 15 is 0 Å². The molecule has 1 aliphatic heterocycles. The van der Waals surface area contributed by atoms with Gasteiger partial charge in [0, 0.05) is 45.8 Å². The van der Waals surface area contributed by atoms with Crippen LogP contribution in [0, 0.1) is 0 Å². The predicted octanol–water partition coefficient (Wildman–Crippen LogP) is 1.26. The third-order valence-electron chi connectivity index (χ3n) is 7.45. The van der Waals surface area contributed by atoms with Gasteiger partial charge >= 0.3 is 17.7 Å². The number of benzene rings is 1. The van der Waals surface area contributed by atoms with E-state index in [4.69, 9.17) is 15.2 Å². The first-order valence-corrected chi connectivity index (χ1v) is 14.5. The number of H-pyrrole nitrogens is 1. The molecule has 0 bridgehead atoms. The Labute approximate surface area is 245 Å². The van der Waals surface area contributed by atoms with Gasteiger partial charge in [-0.3, -0.25) is 19.1 Å². The van der Waals surface area contributed by atoms with Crippen LogP contribution in [0.5, 0.6) is 6.01 Å². The van der Waals surface area contributed by atoms with E-state index in [1.54, 1.807) is 0 Å². The molecule has 0 unspecified atom stereocenters. The molecule has 2 aromatic heterocycles. The standard InChI is InChI=1S/C29H42N8O5/c1-4-5-17-42-28-32-26(30)25-27(33-28)37(29(40)31-25)12-6-11-36(23(38)20-35-15-13-34(2)14-16-35)19-22-9-7-21(8-10-22)18-24(39)41-3/h7-10H,4-6,11-20H2,1-3H3,(H,31,40)(H2,30,32,33). The molecule has 3 aromatic rings. The van der Waals surface area contributed by atoms with Crippen LogP contribution in [0.2, 0.25) is 0 Å². The average molecular weight is 583 g/mol. The number of nitrogens with two attached hydrogens (primary N) is 1. The van der Waals surface area contributed by atoms with Gasteiger partial charge in [0.05, 0.1) is 26.7 Å². The molecule has 42 heavy (non-hydrogen) atoms. The molecule has 13 heteroatoms. The fourth-order valence-corrected chi connectivity index (χ4v) is 4.84. The molecule has 0 saturated carbocycles. The SMILES string of the molecule is CCCCOc1nc(N)c2[nH]c(=O)n(CCCN(Cc3ccc(CC(=O)OC)cc3)C(=O)CN3CCN(C)CC3)c2n1. The molecule has 4 rings (SSSR count). The monoisotopic (exact) mass is 582 g/mol. The number of ether oxygens (including phenoxy) is 2. The van der Waals surface area contributed by atoms with Crippen molar-refractivity contribution in [2.75, 3.05) is 65.8 Å². The first-order chi connectivity index (χ1) is 20.3. The number of aromatic nitrogens is 4. The van der Waals surface area contributed by atoms with E-state index in [-0.39, 0.29) is 35.8 Å². The molecular weight excluding hydrogens is 540 g/mol. The lowest BCUT2D eigenvalue weighted by Gasteiger charge is -2.33. The minimum absolute atomic E-state index is 0.0302. The summed E-state index contributed by atoms with van der Waals surface area (Å²) < 4.78 is 11.9. The molecule has 1 aliphatic rings. The number of imidazole rings is 1. The number of fused-ring (bicyclic) bond motifs is 1. The number of nitrogens with zero attached hydrogens (tertiary/aromatic N) is 6. The molecule has 0 atom stereocenters. The molecule has 1 saturated heterocycles. The number of hydrogen-bond acceptors (Lipinski definition) is 10. The lowest BCUT2D eigenvalue weighted by Crippen LogP contribution is -2.49. The van der Waals surface area contributed by atoms with E-state index in [0.29, 0.717) is 50.4 Å². The summed E-state index contributed by atoms with van der Waals surface area (Å²) in [6.07, 6.45) is 2.54. The summed E-state index contributed by atoms with van der Waals surface area (Å²) >= 11 is 0. The van der Waals surface area contributed by atoms with Gasteiger partial charge in [0.15, 0.2) is 11.5 Å². The summed E-state index contributed by atoms with van der Waals surface area (Å²) in [5.74, 6) is -0.115. The summed E-state index contributed by atoms with van der Waals surface area (Å²) in [7, 11) is 3.45. The van der Waals surface area contributed by atoms with Gasteiger partial charge in [-0.25, -0.2) is 4.79 Å². The van der Waals surface area contributed by atoms with Crippen LogP contribution >= 0.6 is 0 Å². The molecule has 1 aromatic carbocycles. The third-order valence-corrected chi connectivity index (χ3v) is 7.45. The van der Waals surface area contributed by atoms with Crippen LogP contribution in [0.15, 0.2) is 29.1 Å². The Kier molecular flexibility index (Phi) is 10.9. The highest BCUT2D eigenvalue weighted by molar-refractivity contribution is 5.82. The summed E-state index contributed by atoms with van der Waals surface area (Å²) in [6, 6.07) is 7.76. The second-order valence-corrected chi connectivity index (χ2v) is 10.7. The minimum atomic E-state index is -0.340. The molecule has 3 heterocycles. The predicted molar refractivity (Wildman–Crippen MR) is 159 cm³/mol. The maximum Gasteiger partial charge on any atom is 0.327 e. The van der Waals surface area contributed by atoms with Crippen LogP contribution in [-0.2, 0) is 33.8 Å². The van der Waals surface area contributed by atoms with Gasteiger partial charge in [0.1, 0.15) is 5.52 Å². The number of aryl methyl sites for hydroxylation is 1. The van der Waals surface area contributed by atoms with E-state index < -0.39 is 0 Å². The molecule has 0 radical (unpaired) electrons. The number of nitrogens with one attached hydrogen (secondary N) is 1. The zero-order valence-electron chi connectivity index (χ0n) is 24.8. The Balaban J connectivity index is 1.46. The number of esters is 1. The maximum atomic E-state index is 13.5. The van der Waals surface area contributed by atoms with Gasteiger partial charge in [0.2, 0.25) is 5.91 Å². The second kappa shape index (κ2) is 14.8. The van der Waals surface area contributed by atoms with Crippen LogP contribution in [-0.4, -0.2) is 106 Å². The van der Waals surface area contributed by atoms with E-state index in [1.807, 2.05) is 29.2 Å². The number of carbonyl (C=O) groups excluding carboxylic acids is 2. The molecule has 1 fully saturated rings. The van der Waals surface area contributed by atoms with E-state index in [2.05, 4.69) is 38.7 Å². The molecule has 3 N–H and O–H groups in total. The van der Waals surface area contributed by atoms with Crippen LogP contribution in [0.3, 0.4) is 0 Å². The number of hydrogen-bond donors (Lipinski definition) is 2. The zero-order valence-corrected chi connectivity index (χ0v) is 24.8. The first-order valence-electron chi connectivity index (χ1n) is 14.5. The summed E-state index contributed by atoms with van der Waals surface area (Å²) in [5, 5.41) is 0. The Hall–Kier alpha value is -3.97. The summed E-state index contributed by atoms with van der Waals surface area (Å²) in [6.45, 7) is 7.58. The zero-order chi connectivity index (χ0) is 30.1. The lowest BCUT2D eigenvalue weighted by atomic mass is 10.1. The van der Waals surface area contributed by atoms with E-state index in [9.17, 15) is 14.4 Å². The fraction of sp³-hybridized carbons (Fsp3) is 0.552. The quantitative estimate of drug-likeness (QED) is 0.210. The Morgan fingerprint density at radius 1 is 1.07 bits per heavy atom. The number of piperazine rings is 1. The van der Waals surface area contributed by atoms with E-state index in [0.717, 1.165) is 50.1 Å². The molecule has 0 aliphatic carbocycles. The van der Waals surface area contributed by atoms with Crippen molar-refractivity contribution in [3.63, 3.8) is 0 Å². The number of carbonyl (C=O) groups is 2. The molecular formula is C29H42N8O5. The maximum absolute atomic E-state index is 13.5. The number of nitrogen functional groups attached to an aromatic ring is 1. The van der Waals surface area contributed by atoms with Crippen molar-refractivity contribution in [2.45, 2.75) is 45.7 Å². The average Bonchev–Trinajstić information content (AvgIpc) is 3.30. The molecule has 228 valence electrons.